The van der Waals surface area contributed by atoms with Crippen molar-refractivity contribution < 1.29 is 0 Å². The first kappa shape index (κ1) is 16.2. The van der Waals surface area contributed by atoms with Crippen LogP contribution in [0.1, 0.15) is 11.1 Å². The molecule has 0 spiro atoms. The van der Waals surface area contributed by atoms with Crippen molar-refractivity contribution in [2.45, 2.75) is 17.7 Å². The fourth-order valence-corrected chi connectivity index (χ4v) is 7.90. The van der Waals surface area contributed by atoms with Gasteiger partial charge in [-0.15, -0.1) is 0 Å². The van der Waals surface area contributed by atoms with Crippen LogP contribution < -0.4 is 0 Å². The molecule has 0 aromatic heterocycles. The number of allylic oxidation sites excluding steroid dienone is 2. The van der Waals surface area contributed by atoms with Gasteiger partial charge in [-0.05, 0) is 0 Å². The van der Waals surface area contributed by atoms with Gasteiger partial charge in [-0.2, -0.15) is 0 Å². The van der Waals surface area contributed by atoms with Crippen molar-refractivity contribution in [1.82, 2.24) is 0 Å². The molecule has 0 bridgehead atoms. The van der Waals surface area contributed by atoms with Crippen LogP contribution in [0, 0.1) is 0 Å². The molecular formula is C20H24In-. The molecule has 0 amide bonds. The Morgan fingerprint density at radius 2 is 1.05 bits per heavy atom. The maximum absolute atomic E-state index is 2.54. The average molecular weight is 379 g/mol. The summed E-state index contributed by atoms with van der Waals surface area (Å²) in [5.41, 5.74) is 2.61. The van der Waals surface area contributed by atoms with Gasteiger partial charge in [-0.1, -0.05) is 0 Å². The van der Waals surface area contributed by atoms with Gasteiger partial charge < -0.3 is 0 Å². The molecule has 108 valence electrons. The van der Waals surface area contributed by atoms with E-state index in [1.54, 1.807) is 0 Å². The summed E-state index contributed by atoms with van der Waals surface area (Å²) in [4.78, 5) is 0. The second-order valence-electron chi connectivity index (χ2n) is 6.60. The zero-order chi connectivity index (χ0) is 15.0. The van der Waals surface area contributed by atoms with Gasteiger partial charge in [0.05, 0.1) is 0 Å². The molecule has 2 aromatic carbocycles. The van der Waals surface area contributed by atoms with Gasteiger partial charge in [0.2, 0.25) is 0 Å². The summed E-state index contributed by atoms with van der Waals surface area (Å²) >= 11 is -2.04. The van der Waals surface area contributed by atoms with E-state index in [0.717, 1.165) is 0 Å². The van der Waals surface area contributed by atoms with E-state index in [1.165, 1.54) is 19.5 Å². The Hall–Kier alpha value is -1.21. The number of benzene rings is 2. The van der Waals surface area contributed by atoms with E-state index in [-0.39, 0.29) is 0 Å². The Kier molecular flexibility index (Phi) is 6.38. The van der Waals surface area contributed by atoms with Gasteiger partial charge >= 0.3 is 134 Å². The van der Waals surface area contributed by atoms with Gasteiger partial charge in [-0.25, -0.2) is 0 Å². The molecule has 0 radical (unpaired) electrons. The van der Waals surface area contributed by atoms with Crippen LogP contribution in [0.5, 0.6) is 0 Å². The van der Waals surface area contributed by atoms with Gasteiger partial charge in [0.1, 0.15) is 0 Å². The van der Waals surface area contributed by atoms with Crippen LogP contribution in [0.4, 0.5) is 0 Å². The van der Waals surface area contributed by atoms with Crippen LogP contribution in [-0.4, -0.2) is 20.0 Å². The summed E-state index contributed by atoms with van der Waals surface area (Å²) in [5.74, 6) is 0. The van der Waals surface area contributed by atoms with E-state index in [9.17, 15) is 0 Å². The van der Waals surface area contributed by atoms with Gasteiger partial charge in [0.15, 0.2) is 0 Å². The molecule has 2 aromatic rings. The average Bonchev–Trinajstić information content (AvgIpc) is 2.49. The fourth-order valence-electron chi connectivity index (χ4n) is 2.37. The van der Waals surface area contributed by atoms with E-state index < -0.39 is 20.0 Å². The van der Waals surface area contributed by atoms with Crippen molar-refractivity contribution in [3.8, 4) is 0 Å². The van der Waals surface area contributed by atoms with Crippen molar-refractivity contribution in [3.05, 3.63) is 83.9 Å². The maximum atomic E-state index is 2.54. The van der Waals surface area contributed by atoms with Crippen LogP contribution in [0.2, 0.25) is 17.7 Å². The van der Waals surface area contributed by atoms with E-state index in [4.69, 9.17) is 0 Å². The second-order valence-corrected chi connectivity index (χ2v) is 23.6. The van der Waals surface area contributed by atoms with Crippen LogP contribution in [0.25, 0.3) is 12.2 Å². The molecule has 1 heteroatoms. The Morgan fingerprint density at radius 1 is 0.667 bits per heavy atom. The Balaban J connectivity index is 1.84. The molecule has 21 heavy (non-hydrogen) atoms. The number of hydrogen-bond acceptors (Lipinski definition) is 0. The fraction of sp³-hybridized carbons (Fsp3) is 0.200. The molecule has 0 aliphatic carbocycles. The third kappa shape index (κ3) is 6.39. The molecule has 0 N–H and O–H groups in total. The van der Waals surface area contributed by atoms with Gasteiger partial charge in [0.25, 0.3) is 0 Å². The predicted octanol–water partition coefficient (Wildman–Crippen LogP) is 6.12. The molecule has 0 heterocycles. The first-order valence-corrected chi connectivity index (χ1v) is 19.1. The minimum absolute atomic E-state index is 1.30. The molecule has 0 aliphatic rings. The van der Waals surface area contributed by atoms with Crippen molar-refractivity contribution in [3.63, 3.8) is 0 Å². The first-order chi connectivity index (χ1) is 10.2. The van der Waals surface area contributed by atoms with E-state index >= 15 is 0 Å². The Bertz CT molecular complexity index is 526. The Morgan fingerprint density at radius 3 is 1.43 bits per heavy atom. The van der Waals surface area contributed by atoms with Crippen LogP contribution in [-0.2, 0) is 0 Å². The minimum atomic E-state index is -2.04. The second kappa shape index (κ2) is 8.29. The zero-order valence-corrected chi connectivity index (χ0v) is 16.4. The summed E-state index contributed by atoms with van der Waals surface area (Å²) in [5, 5.41) is 0. The molecule has 0 nitrogen and oxygen atoms in total. The van der Waals surface area contributed by atoms with Crippen molar-refractivity contribution in [2.24, 2.45) is 0 Å². The summed E-state index contributed by atoms with van der Waals surface area (Å²) < 4.78 is 7.68. The SMILES string of the molecule is [CH3][In-]([CH3])([CH2]/C=C/c1ccccc1)[CH2]/C=C/c1ccccc1. The van der Waals surface area contributed by atoms with Crippen LogP contribution in [0.3, 0.4) is 0 Å². The number of hydrogen-bond donors (Lipinski definition) is 0. The standard InChI is InChI=1S/2C9H9.2CH3.In/c2*1-2-6-9-7-4-3-5-8-9;;;/h2*2-8H,1H2;2*1H3;/q;;;;-1/b2*6-2+;;;. The third-order valence-corrected chi connectivity index (χ3v) is 12.6. The van der Waals surface area contributed by atoms with Gasteiger partial charge in [0, 0.05) is 0 Å². The first-order valence-electron chi connectivity index (χ1n) is 7.85. The molecule has 0 saturated heterocycles. The van der Waals surface area contributed by atoms with Crippen molar-refractivity contribution in [2.75, 3.05) is 0 Å². The molecule has 2 rings (SSSR count). The molecular weight excluding hydrogens is 355 g/mol. The Labute approximate surface area is 133 Å². The van der Waals surface area contributed by atoms with Crippen LogP contribution in [0.15, 0.2) is 72.8 Å². The zero-order valence-electron chi connectivity index (χ0n) is 13.1. The predicted molar refractivity (Wildman–Crippen MR) is 98.0 cm³/mol. The quantitative estimate of drug-likeness (QED) is 0.567. The van der Waals surface area contributed by atoms with Crippen molar-refractivity contribution >= 4 is 32.1 Å². The van der Waals surface area contributed by atoms with Crippen LogP contribution >= 0.6 is 0 Å². The van der Waals surface area contributed by atoms with Crippen molar-refractivity contribution in [1.29, 1.82) is 0 Å². The number of rotatable bonds is 6. The topological polar surface area (TPSA) is 0 Å². The van der Waals surface area contributed by atoms with E-state index in [1.807, 2.05) is 0 Å². The summed E-state index contributed by atoms with van der Waals surface area (Å²) in [7, 11) is 0. The summed E-state index contributed by atoms with van der Waals surface area (Å²) in [6.45, 7) is 0. The van der Waals surface area contributed by atoms with E-state index in [2.05, 4.69) is 94.3 Å². The molecule has 0 atom stereocenters. The van der Waals surface area contributed by atoms with Gasteiger partial charge in [-0.3, -0.25) is 0 Å². The summed E-state index contributed by atoms with van der Waals surface area (Å²) in [6, 6.07) is 21.2. The molecule has 0 fully saturated rings. The molecule has 0 saturated carbocycles. The molecule has 0 unspecified atom stereocenters. The monoisotopic (exact) mass is 379 g/mol. The third-order valence-electron chi connectivity index (χ3n) is 3.77. The molecule has 0 aliphatic heterocycles. The normalized spacial score (nSPS) is 12.3. The van der Waals surface area contributed by atoms with E-state index in [0.29, 0.717) is 0 Å². The summed E-state index contributed by atoms with van der Waals surface area (Å²) in [6.07, 6.45) is 9.29.